The number of amides is 1. The van der Waals surface area contributed by atoms with Crippen LogP contribution in [0.5, 0.6) is 0 Å². The van der Waals surface area contributed by atoms with Gasteiger partial charge >= 0.3 is 5.97 Å². The zero-order valence-corrected chi connectivity index (χ0v) is 12.8. The van der Waals surface area contributed by atoms with Crippen molar-refractivity contribution in [3.63, 3.8) is 0 Å². The summed E-state index contributed by atoms with van der Waals surface area (Å²) < 4.78 is 10.6. The van der Waals surface area contributed by atoms with E-state index in [4.69, 9.17) is 14.6 Å². The number of carbonyl (C=O) groups is 2. The van der Waals surface area contributed by atoms with E-state index < -0.39 is 5.97 Å². The molecule has 6 nitrogen and oxygen atoms in total. The minimum atomic E-state index is -0.780. The molecule has 1 amide bonds. The van der Waals surface area contributed by atoms with E-state index in [0.29, 0.717) is 26.0 Å². The molecule has 0 spiro atoms. The van der Waals surface area contributed by atoms with Crippen molar-refractivity contribution in [3.05, 3.63) is 0 Å². The van der Waals surface area contributed by atoms with Gasteiger partial charge in [-0.25, -0.2) is 0 Å². The van der Waals surface area contributed by atoms with Crippen LogP contribution < -0.4 is 0 Å². The summed E-state index contributed by atoms with van der Waals surface area (Å²) in [4.78, 5) is 25.7. The van der Waals surface area contributed by atoms with Gasteiger partial charge in [0.25, 0.3) is 0 Å². The first-order chi connectivity index (χ1) is 10.1. The van der Waals surface area contributed by atoms with Gasteiger partial charge in [-0.2, -0.15) is 0 Å². The van der Waals surface area contributed by atoms with E-state index in [1.54, 1.807) is 14.2 Å². The molecule has 0 aromatic heterocycles. The number of carboxylic acid groups (broad SMARTS) is 1. The van der Waals surface area contributed by atoms with Crippen LogP contribution in [0.1, 0.15) is 32.1 Å². The maximum atomic E-state index is 12.7. The topological polar surface area (TPSA) is 76.1 Å². The fraction of sp³-hybridized carbons (Fsp3) is 0.867. The molecule has 0 bridgehead atoms. The zero-order chi connectivity index (χ0) is 15.4. The summed E-state index contributed by atoms with van der Waals surface area (Å²) in [5.41, 5.74) is 0. The number of carboxylic acids is 1. The zero-order valence-electron chi connectivity index (χ0n) is 12.8. The van der Waals surface area contributed by atoms with Crippen LogP contribution in [0.15, 0.2) is 0 Å². The Morgan fingerprint density at radius 3 is 2.52 bits per heavy atom. The maximum absolute atomic E-state index is 12.7. The summed E-state index contributed by atoms with van der Waals surface area (Å²) >= 11 is 0. The van der Waals surface area contributed by atoms with E-state index >= 15 is 0 Å². The second kappa shape index (κ2) is 7.22. The van der Waals surface area contributed by atoms with Crippen molar-refractivity contribution >= 4 is 11.9 Å². The average molecular weight is 299 g/mol. The average Bonchev–Trinajstić information content (AvgIpc) is 2.90. The molecular formula is C15H25NO5. The second-order valence-electron chi connectivity index (χ2n) is 6.09. The second-order valence-corrected chi connectivity index (χ2v) is 6.09. The molecule has 1 aliphatic heterocycles. The molecule has 21 heavy (non-hydrogen) atoms. The number of methoxy groups -OCH3 is 2. The number of rotatable bonds is 5. The molecule has 0 radical (unpaired) electrons. The standard InChI is InChI=1S/C15H25NO5/c1-20-9-12-7-13(21-2)8-16(12)14(17)10-4-3-5-11(6-10)15(18)19/h10-13H,3-9H2,1-2H3,(H,18,19)/t10?,11?,12-,13-/m0/s1. The van der Waals surface area contributed by atoms with Gasteiger partial charge in [0, 0.05) is 26.7 Å². The third-order valence-corrected chi connectivity index (χ3v) is 4.72. The minimum absolute atomic E-state index is 0.0395. The fourth-order valence-electron chi connectivity index (χ4n) is 3.54. The molecule has 1 aliphatic carbocycles. The van der Waals surface area contributed by atoms with Crippen LogP contribution in [0.2, 0.25) is 0 Å². The van der Waals surface area contributed by atoms with Crippen LogP contribution in [0, 0.1) is 11.8 Å². The summed E-state index contributed by atoms with van der Waals surface area (Å²) in [7, 11) is 3.29. The Morgan fingerprint density at radius 2 is 1.90 bits per heavy atom. The van der Waals surface area contributed by atoms with Gasteiger partial charge in [-0.05, 0) is 25.7 Å². The molecule has 1 heterocycles. The Morgan fingerprint density at radius 1 is 1.19 bits per heavy atom. The molecule has 2 aliphatic rings. The molecule has 2 fully saturated rings. The van der Waals surface area contributed by atoms with Gasteiger partial charge in [0.15, 0.2) is 0 Å². The largest absolute Gasteiger partial charge is 0.481 e. The van der Waals surface area contributed by atoms with Gasteiger partial charge in [0.2, 0.25) is 5.91 Å². The van der Waals surface area contributed by atoms with E-state index in [1.165, 1.54) is 0 Å². The number of nitrogens with zero attached hydrogens (tertiary/aromatic N) is 1. The Hall–Kier alpha value is -1.14. The van der Waals surface area contributed by atoms with Crippen LogP contribution in [0.4, 0.5) is 0 Å². The molecule has 120 valence electrons. The molecule has 6 heteroatoms. The first-order valence-electron chi connectivity index (χ1n) is 7.61. The predicted molar refractivity (Wildman–Crippen MR) is 75.9 cm³/mol. The van der Waals surface area contributed by atoms with Gasteiger partial charge < -0.3 is 19.5 Å². The number of likely N-dealkylation sites (tertiary alicyclic amines) is 1. The summed E-state index contributed by atoms with van der Waals surface area (Å²) in [6.07, 6.45) is 3.57. The number of aliphatic carboxylic acids is 1. The number of hydrogen-bond acceptors (Lipinski definition) is 4. The maximum Gasteiger partial charge on any atom is 0.306 e. The quantitative estimate of drug-likeness (QED) is 0.824. The fourth-order valence-corrected chi connectivity index (χ4v) is 3.54. The Bertz CT molecular complexity index is 386. The smallest absolute Gasteiger partial charge is 0.306 e. The van der Waals surface area contributed by atoms with Crippen LogP contribution in [-0.4, -0.2) is 61.4 Å². The molecule has 1 saturated carbocycles. The van der Waals surface area contributed by atoms with E-state index in [9.17, 15) is 9.59 Å². The van der Waals surface area contributed by atoms with Crippen LogP contribution in [0.25, 0.3) is 0 Å². The molecule has 0 aromatic carbocycles. The molecule has 1 saturated heterocycles. The van der Waals surface area contributed by atoms with Crippen LogP contribution >= 0.6 is 0 Å². The molecule has 2 rings (SSSR count). The Balaban J connectivity index is 2.01. The first-order valence-corrected chi connectivity index (χ1v) is 7.61. The molecular weight excluding hydrogens is 274 g/mol. The van der Waals surface area contributed by atoms with Crippen molar-refractivity contribution in [3.8, 4) is 0 Å². The summed E-state index contributed by atoms with van der Waals surface area (Å²) in [6.45, 7) is 1.08. The number of carbonyl (C=O) groups excluding carboxylic acids is 1. The van der Waals surface area contributed by atoms with Crippen molar-refractivity contribution in [1.82, 2.24) is 4.90 Å². The molecule has 1 N–H and O–H groups in total. The predicted octanol–water partition coefficient (Wildman–Crippen LogP) is 1.14. The molecule has 2 unspecified atom stereocenters. The van der Waals surface area contributed by atoms with Crippen molar-refractivity contribution in [2.75, 3.05) is 27.4 Å². The van der Waals surface area contributed by atoms with Gasteiger partial charge in [-0.1, -0.05) is 6.42 Å². The van der Waals surface area contributed by atoms with E-state index in [2.05, 4.69) is 0 Å². The van der Waals surface area contributed by atoms with Crippen molar-refractivity contribution in [1.29, 1.82) is 0 Å². The molecule has 0 aromatic rings. The highest BCUT2D eigenvalue weighted by Gasteiger charge is 2.40. The normalized spacial score (nSPS) is 33.1. The lowest BCUT2D eigenvalue weighted by atomic mass is 9.80. The lowest BCUT2D eigenvalue weighted by molar-refractivity contribution is -0.146. The lowest BCUT2D eigenvalue weighted by Crippen LogP contribution is -2.43. The van der Waals surface area contributed by atoms with Crippen molar-refractivity contribution in [2.24, 2.45) is 11.8 Å². The summed E-state index contributed by atoms with van der Waals surface area (Å²) in [6, 6.07) is 0.0395. The van der Waals surface area contributed by atoms with Gasteiger partial charge in [-0.3, -0.25) is 9.59 Å². The minimum Gasteiger partial charge on any atom is -0.481 e. The Labute approximate surface area is 125 Å². The monoisotopic (exact) mass is 299 g/mol. The van der Waals surface area contributed by atoms with E-state index in [0.717, 1.165) is 19.3 Å². The third-order valence-electron chi connectivity index (χ3n) is 4.72. The molecule has 4 atom stereocenters. The number of ether oxygens (including phenoxy) is 2. The Kier molecular flexibility index (Phi) is 5.58. The van der Waals surface area contributed by atoms with E-state index in [-0.39, 0.29) is 29.9 Å². The highest BCUT2D eigenvalue weighted by molar-refractivity contribution is 5.81. The van der Waals surface area contributed by atoms with Crippen molar-refractivity contribution < 1.29 is 24.2 Å². The van der Waals surface area contributed by atoms with Crippen molar-refractivity contribution in [2.45, 2.75) is 44.2 Å². The van der Waals surface area contributed by atoms with Gasteiger partial charge in [0.05, 0.1) is 24.7 Å². The highest BCUT2D eigenvalue weighted by atomic mass is 16.5. The lowest BCUT2D eigenvalue weighted by Gasteiger charge is -2.32. The third kappa shape index (κ3) is 3.74. The SMILES string of the molecule is COC[C@@H]1C[C@H](OC)CN1C(=O)C1CCCC(C(=O)O)C1. The summed E-state index contributed by atoms with van der Waals surface area (Å²) in [5, 5.41) is 9.15. The van der Waals surface area contributed by atoms with Gasteiger partial charge in [-0.15, -0.1) is 0 Å². The highest BCUT2D eigenvalue weighted by Crippen LogP contribution is 2.32. The summed E-state index contributed by atoms with van der Waals surface area (Å²) in [5.74, 6) is -1.26. The van der Waals surface area contributed by atoms with E-state index in [1.807, 2.05) is 4.90 Å². The van der Waals surface area contributed by atoms with Gasteiger partial charge in [0.1, 0.15) is 0 Å². The first kappa shape index (κ1) is 16.2. The number of hydrogen-bond donors (Lipinski definition) is 1. The van der Waals surface area contributed by atoms with Crippen LogP contribution in [-0.2, 0) is 19.1 Å². The van der Waals surface area contributed by atoms with Crippen LogP contribution in [0.3, 0.4) is 0 Å².